The summed E-state index contributed by atoms with van der Waals surface area (Å²) in [6.07, 6.45) is 1.11. The Kier molecular flexibility index (Phi) is 5.07. The Balaban J connectivity index is 2.18. The summed E-state index contributed by atoms with van der Waals surface area (Å²) >= 11 is 0. The van der Waals surface area contributed by atoms with Gasteiger partial charge in [0.05, 0.1) is 26.3 Å². The van der Waals surface area contributed by atoms with Crippen molar-refractivity contribution in [2.24, 2.45) is 0 Å². The highest BCUT2D eigenvalue weighted by Gasteiger charge is 2.11. The highest BCUT2D eigenvalue weighted by Crippen LogP contribution is 2.34. The molecule has 1 aromatic heterocycles. The molecule has 1 N–H and O–H groups in total. The number of ether oxygens (including phenoxy) is 2. The Morgan fingerprint density at radius 2 is 1.95 bits per heavy atom. The molecule has 4 heteroatoms. The molecule has 0 aliphatic heterocycles. The summed E-state index contributed by atoms with van der Waals surface area (Å²) in [5, 5.41) is 3.32. The fourth-order valence-corrected chi connectivity index (χ4v) is 2.01. The fraction of sp³-hybridized carbons (Fsp3) is 0.375. The van der Waals surface area contributed by atoms with Gasteiger partial charge in [-0.1, -0.05) is 6.92 Å². The first-order chi connectivity index (χ1) is 9.78. The number of furan rings is 1. The molecule has 0 atom stereocenters. The highest BCUT2D eigenvalue weighted by molar-refractivity contribution is 5.67. The van der Waals surface area contributed by atoms with Crippen LogP contribution in [0, 0.1) is 0 Å². The maximum absolute atomic E-state index is 5.85. The zero-order valence-electron chi connectivity index (χ0n) is 12.2. The van der Waals surface area contributed by atoms with Crippen molar-refractivity contribution >= 4 is 0 Å². The summed E-state index contributed by atoms with van der Waals surface area (Å²) in [6, 6.07) is 9.65. The quantitative estimate of drug-likeness (QED) is 0.786. The van der Waals surface area contributed by atoms with Gasteiger partial charge < -0.3 is 19.2 Å². The van der Waals surface area contributed by atoms with Gasteiger partial charge in [-0.25, -0.2) is 0 Å². The van der Waals surface area contributed by atoms with Crippen molar-refractivity contribution in [1.82, 2.24) is 5.32 Å². The summed E-state index contributed by atoms with van der Waals surface area (Å²) in [5.74, 6) is 3.23. The number of benzene rings is 1. The van der Waals surface area contributed by atoms with Crippen LogP contribution in [0.1, 0.15) is 19.1 Å². The van der Waals surface area contributed by atoms with Crippen molar-refractivity contribution in [2.45, 2.75) is 19.9 Å². The van der Waals surface area contributed by atoms with Crippen LogP contribution in [0.25, 0.3) is 11.3 Å². The summed E-state index contributed by atoms with van der Waals surface area (Å²) in [7, 11) is 3.28. The van der Waals surface area contributed by atoms with Crippen molar-refractivity contribution in [3.63, 3.8) is 0 Å². The van der Waals surface area contributed by atoms with E-state index in [2.05, 4.69) is 12.2 Å². The third-order valence-corrected chi connectivity index (χ3v) is 3.06. The first-order valence-electron chi connectivity index (χ1n) is 6.80. The lowest BCUT2D eigenvalue weighted by molar-refractivity contribution is 0.394. The van der Waals surface area contributed by atoms with E-state index in [1.165, 1.54) is 0 Å². The largest absolute Gasteiger partial charge is 0.497 e. The zero-order chi connectivity index (χ0) is 14.4. The van der Waals surface area contributed by atoms with E-state index in [0.717, 1.165) is 48.1 Å². The van der Waals surface area contributed by atoms with Crippen LogP contribution in [0.3, 0.4) is 0 Å². The minimum atomic E-state index is 0.742. The minimum absolute atomic E-state index is 0.742. The first kappa shape index (κ1) is 14.5. The van der Waals surface area contributed by atoms with Gasteiger partial charge in [-0.3, -0.25) is 0 Å². The number of hydrogen-bond donors (Lipinski definition) is 1. The molecule has 0 saturated heterocycles. The molecule has 0 bridgehead atoms. The highest BCUT2D eigenvalue weighted by atomic mass is 16.5. The Bertz CT molecular complexity index is 548. The van der Waals surface area contributed by atoms with Crippen LogP contribution in [-0.4, -0.2) is 20.8 Å². The lowest BCUT2D eigenvalue weighted by Gasteiger charge is -2.08. The fourth-order valence-electron chi connectivity index (χ4n) is 2.01. The van der Waals surface area contributed by atoms with E-state index >= 15 is 0 Å². The summed E-state index contributed by atoms with van der Waals surface area (Å²) < 4.78 is 16.4. The molecule has 0 aliphatic rings. The van der Waals surface area contributed by atoms with E-state index in [1.54, 1.807) is 14.2 Å². The van der Waals surface area contributed by atoms with E-state index in [9.17, 15) is 0 Å². The molecule has 0 saturated carbocycles. The van der Waals surface area contributed by atoms with E-state index in [0.29, 0.717) is 0 Å². The summed E-state index contributed by atoms with van der Waals surface area (Å²) in [6.45, 7) is 3.87. The lowest BCUT2D eigenvalue weighted by atomic mass is 10.1. The molecule has 108 valence electrons. The SMILES string of the molecule is CCCNCc1ccc(-c2ccc(OC)cc2OC)o1. The predicted molar refractivity (Wildman–Crippen MR) is 79.2 cm³/mol. The molecule has 2 rings (SSSR count). The average Bonchev–Trinajstić information content (AvgIpc) is 2.95. The monoisotopic (exact) mass is 275 g/mol. The standard InChI is InChI=1S/C16H21NO3/c1-4-9-17-11-13-6-8-15(20-13)14-7-5-12(18-2)10-16(14)19-3/h5-8,10,17H,4,9,11H2,1-3H3. The van der Waals surface area contributed by atoms with Gasteiger partial charge in [0.15, 0.2) is 0 Å². The van der Waals surface area contributed by atoms with Crippen LogP contribution >= 0.6 is 0 Å². The van der Waals surface area contributed by atoms with Gasteiger partial charge in [0.25, 0.3) is 0 Å². The van der Waals surface area contributed by atoms with Crippen molar-refractivity contribution in [1.29, 1.82) is 0 Å². The third kappa shape index (κ3) is 3.33. The van der Waals surface area contributed by atoms with Gasteiger partial charge in [-0.15, -0.1) is 0 Å². The minimum Gasteiger partial charge on any atom is -0.497 e. The zero-order valence-corrected chi connectivity index (χ0v) is 12.2. The maximum atomic E-state index is 5.85. The summed E-state index contributed by atoms with van der Waals surface area (Å²) in [5.41, 5.74) is 0.926. The normalized spacial score (nSPS) is 10.6. The van der Waals surface area contributed by atoms with Crippen molar-refractivity contribution in [3.8, 4) is 22.8 Å². The van der Waals surface area contributed by atoms with Crippen LogP contribution in [-0.2, 0) is 6.54 Å². The van der Waals surface area contributed by atoms with Crippen molar-refractivity contribution in [3.05, 3.63) is 36.1 Å². The molecule has 0 radical (unpaired) electrons. The molecule has 1 heterocycles. The van der Waals surface area contributed by atoms with Crippen LogP contribution in [0.5, 0.6) is 11.5 Å². The molecule has 0 amide bonds. The predicted octanol–water partition coefficient (Wildman–Crippen LogP) is 3.46. The van der Waals surface area contributed by atoms with E-state index < -0.39 is 0 Å². The smallest absolute Gasteiger partial charge is 0.138 e. The molecule has 0 unspecified atom stereocenters. The average molecular weight is 275 g/mol. The molecular formula is C16H21NO3. The van der Waals surface area contributed by atoms with Gasteiger partial charge >= 0.3 is 0 Å². The molecule has 2 aromatic rings. The van der Waals surface area contributed by atoms with E-state index in [4.69, 9.17) is 13.9 Å². The van der Waals surface area contributed by atoms with Crippen LogP contribution in [0.15, 0.2) is 34.7 Å². The second-order valence-corrected chi connectivity index (χ2v) is 4.51. The van der Waals surface area contributed by atoms with Gasteiger partial charge in [-0.2, -0.15) is 0 Å². The third-order valence-electron chi connectivity index (χ3n) is 3.06. The topological polar surface area (TPSA) is 43.6 Å². The van der Waals surface area contributed by atoms with Gasteiger partial charge in [0.2, 0.25) is 0 Å². The van der Waals surface area contributed by atoms with Crippen LogP contribution < -0.4 is 14.8 Å². The molecule has 0 aliphatic carbocycles. The Labute approximate surface area is 119 Å². The second kappa shape index (κ2) is 7.01. The second-order valence-electron chi connectivity index (χ2n) is 4.51. The number of methoxy groups -OCH3 is 2. The maximum Gasteiger partial charge on any atom is 0.138 e. The van der Waals surface area contributed by atoms with Gasteiger partial charge in [0, 0.05) is 6.07 Å². The Morgan fingerprint density at radius 1 is 1.10 bits per heavy atom. The van der Waals surface area contributed by atoms with Crippen LogP contribution in [0.4, 0.5) is 0 Å². The van der Waals surface area contributed by atoms with Gasteiger partial charge in [0.1, 0.15) is 23.0 Å². The number of hydrogen-bond acceptors (Lipinski definition) is 4. The molecular weight excluding hydrogens is 254 g/mol. The van der Waals surface area contributed by atoms with Gasteiger partial charge in [-0.05, 0) is 37.2 Å². The van der Waals surface area contributed by atoms with Crippen molar-refractivity contribution < 1.29 is 13.9 Å². The molecule has 20 heavy (non-hydrogen) atoms. The van der Waals surface area contributed by atoms with Crippen LogP contribution in [0.2, 0.25) is 0 Å². The Hall–Kier alpha value is -1.94. The molecule has 1 aromatic carbocycles. The van der Waals surface area contributed by atoms with E-state index in [-0.39, 0.29) is 0 Å². The Morgan fingerprint density at radius 3 is 2.65 bits per heavy atom. The number of nitrogens with one attached hydrogen (secondary N) is 1. The molecule has 0 spiro atoms. The van der Waals surface area contributed by atoms with Crippen molar-refractivity contribution in [2.75, 3.05) is 20.8 Å². The number of rotatable bonds is 7. The lowest BCUT2D eigenvalue weighted by Crippen LogP contribution is -2.12. The first-order valence-corrected chi connectivity index (χ1v) is 6.80. The molecule has 4 nitrogen and oxygen atoms in total. The summed E-state index contributed by atoms with van der Waals surface area (Å²) in [4.78, 5) is 0. The molecule has 0 fully saturated rings. The van der Waals surface area contributed by atoms with E-state index in [1.807, 2.05) is 30.3 Å².